The second-order valence-electron chi connectivity index (χ2n) is 4.09. The average Bonchev–Trinajstić information content (AvgIpc) is 2.34. The molecule has 0 saturated heterocycles. The summed E-state index contributed by atoms with van der Waals surface area (Å²) in [6.45, 7) is 0. The first-order valence-electron chi connectivity index (χ1n) is 5.39. The standard InChI is InChI=1S/C13H7ClFNO2S/c14-19(17,18)13-7-9(15)6-12-10(13)5-8-3-1-2-4-11(8)16-12/h1-7H. The van der Waals surface area contributed by atoms with Crippen molar-refractivity contribution >= 4 is 41.5 Å². The van der Waals surface area contributed by atoms with Crippen molar-refractivity contribution in [2.75, 3.05) is 0 Å². The van der Waals surface area contributed by atoms with Gasteiger partial charge in [-0.15, -0.1) is 0 Å². The lowest BCUT2D eigenvalue weighted by atomic mass is 10.1. The molecule has 3 rings (SSSR count). The summed E-state index contributed by atoms with van der Waals surface area (Å²) in [7, 11) is 1.31. The molecule has 0 atom stereocenters. The van der Waals surface area contributed by atoms with Crippen LogP contribution >= 0.6 is 10.7 Å². The Kier molecular flexibility index (Phi) is 2.69. The minimum atomic E-state index is -4.03. The fourth-order valence-electron chi connectivity index (χ4n) is 2.02. The van der Waals surface area contributed by atoms with E-state index >= 15 is 0 Å². The summed E-state index contributed by atoms with van der Waals surface area (Å²) >= 11 is 0. The van der Waals surface area contributed by atoms with E-state index in [2.05, 4.69) is 4.98 Å². The van der Waals surface area contributed by atoms with E-state index in [4.69, 9.17) is 10.7 Å². The van der Waals surface area contributed by atoms with Gasteiger partial charge in [0, 0.05) is 27.5 Å². The molecule has 0 unspecified atom stereocenters. The van der Waals surface area contributed by atoms with Crippen LogP contribution in [0.3, 0.4) is 0 Å². The van der Waals surface area contributed by atoms with Crippen LogP contribution in [0.5, 0.6) is 0 Å². The van der Waals surface area contributed by atoms with Gasteiger partial charge in [0.1, 0.15) is 5.82 Å². The molecular formula is C13H7ClFNO2S. The van der Waals surface area contributed by atoms with Crippen molar-refractivity contribution in [3.63, 3.8) is 0 Å². The molecule has 2 aromatic carbocycles. The fraction of sp³-hybridized carbons (Fsp3) is 0. The molecule has 6 heteroatoms. The molecule has 96 valence electrons. The number of rotatable bonds is 1. The van der Waals surface area contributed by atoms with Gasteiger partial charge in [0.25, 0.3) is 9.05 Å². The summed E-state index contributed by atoms with van der Waals surface area (Å²) in [5.74, 6) is -0.686. The van der Waals surface area contributed by atoms with E-state index < -0.39 is 14.9 Å². The molecule has 0 saturated carbocycles. The third-order valence-corrected chi connectivity index (χ3v) is 4.19. The lowest BCUT2D eigenvalue weighted by molar-refractivity contribution is 0.604. The summed E-state index contributed by atoms with van der Waals surface area (Å²) in [5.41, 5.74) is 0.927. The van der Waals surface area contributed by atoms with Gasteiger partial charge in [-0.3, -0.25) is 0 Å². The lowest BCUT2D eigenvalue weighted by Crippen LogP contribution is -1.95. The number of nitrogens with zero attached hydrogens (tertiary/aromatic N) is 1. The maximum atomic E-state index is 13.5. The number of fused-ring (bicyclic) bond motifs is 2. The molecule has 19 heavy (non-hydrogen) atoms. The third kappa shape index (κ3) is 2.15. The number of hydrogen-bond donors (Lipinski definition) is 0. The minimum absolute atomic E-state index is 0.262. The first kappa shape index (κ1) is 12.3. The van der Waals surface area contributed by atoms with Gasteiger partial charge >= 0.3 is 0 Å². The van der Waals surface area contributed by atoms with Crippen LogP contribution in [0, 0.1) is 5.82 Å². The summed E-state index contributed by atoms with van der Waals surface area (Å²) in [4.78, 5) is 3.99. The van der Waals surface area contributed by atoms with E-state index in [1.165, 1.54) is 6.07 Å². The Morgan fingerprint density at radius 3 is 2.53 bits per heavy atom. The normalized spacial score (nSPS) is 12.1. The molecule has 0 N–H and O–H groups in total. The van der Waals surface area contributed by atoms with Crippen molar-refractivity contribution in [1.29, 1.82) is 0 Å². The molecular weight excluding hydrogens is 289 g/mol. The van der Waals surface area contributed by atoms with Gasteiger partial charge in [-0.2, -0.15) is 0 Å². The van der Waals surface area contributed by atoms with Gasteiger partial charge in [0.2, 0.25) is 0 Å². The molecule has 0 aliphatic carbocycles. The third-order valence-electron chi connectivity index (χ3n) is 2.83. The van der Waals surface area contributed by atoms with Crippen molar-refractivity contribution in [1.82, 2.24) is 4.98 Å². The van der Waals surface area contributed by atoms with Crippen LogP contribution in [-0.2, 0) is 9.05 Å². The second-order valence-corrected chi connectivity index (χ2v) is 6.62. The smallest absolute Gasteiger partial charge is 0.248 e. The zero-order valence-corrected chi connectivity index (χ0v) is 11.0. The van der Waals surface area contributed by atoms with Crippen LogP contribution in [0.4, 0.5) is 4.39 Å². The summed E-state index contributed by atoms with van der Waals surface area (Å²) in [5, 5.41) is 1.08. The van der Waals surface area contributed by atoms with Gasteiger partial charge in [0.15, 0.2) is 0 Å². The van der Waals surface area contributed by atoms with Crippen molar-refractivity contribution in [2.45, 2.75) is 4.90 Å². The lowest BCUT2D eigenvalue weighted by Gasteiger charge is -2.05. The molecule has 1 heterocycles. The number of halogens is 2. The van der Waals surface area contributed by atoms with Crippen molar-refractivity contribution in [3.8, 4) is 0 Å². The number of benzene rings is 2. The van der Waals surface area contributed by atoms with Crippen LogP contribution in [0.1, 0.15) is 0 Å². The molecule has 1 aromatic heterocycles. The van der Waals surface area contributed by atoms with Crippen LogP contribution in [0.15, 0.2) is 47.4 Å². The van der Waals surface area contributed by atoms with E-state index in [0.717, 1.165) is 11.5 Å². The van der Waals surface area contributed by atoms with Crippen LogP contribution in [-0.4, -0.2) is 13.4 Å². The molecule has 0 radical (unpaired) electrons. The van der Waals surface area contributed by atoms with E-state index in [1.807, 2.05) is 6.07 Å². The quantitative estimate of drug-likeness (QED) is 0.510. The molecule has 0 amide bonds. The second kappa shape index (κ2) is 4.15. The van der Waals surface area contributed by atoms with Gasteiger partial charge in [-0.05, 0) is 18.2 Å². The number of para-hydroxylation sites is 1. The maximum Gasteiger partial charge on any atom is 0.262 e. The van der Waals surface area contributed by atoms with Gasteiger partial charge in [-0.1, -0.05) is 18.2 Å². The van der Waals surface area contributed by atoms with Crippen LogP contribution in [0.25, 0.3) is 21.8 Å². The largest absolute Gasteiger partial charge is 0.262 e. The predicted molar refractivity (Wildman–Crippen MR) is 72.2 cm³/mol. The molecule has 0 bridgehead atoms. The Labute approximate surface area is 113 Å². The summed E-state index contributed by atoms with van der Waals surface area (Å²) in [6, 6.07) is 10.9. The highest BCUT2D eigenvalue weighted by Crippen LogP contribution is 2.28. The van der Waals surface area contributed by atoms with Crippen LogP contribution in [0.2, 0.25) is 0 Å². The van der Waals surface area contributed by atoms with Gasteiger partial charge < -0.3 is 0 Å². The zero-order valence-electron chi connectivity index (χ0n) is 9.47. The Hall–Kier alpha value is -1.72. The highest BCUT2D eigenvalue weighted by atomic mass is 35.7. The Morgan fingerprint density at radius 2 is 1.79 bits per heavy atom. The molecule has 3 aromatic rings. The summed E-state index contributed by atoms with van der Waals surface area (Å²) in [6.07, 6.45) is 0. The van der Waals surface area contributed by atoms with Crippen molar-refractivity contribution in [2.24, 2.45) is 0 Å². The van der Waals surface area contributed by atoms with Gasteiger partial charge in [-0.25, -0.2) is 17.8 Å². The molecule has 0 aliphatic heterocycles. The first-order valence-corrected chi connectivity index (χ1v) is 7.70. The SMILES string of the molecule is O=S(=O)(Cl)c1cc(F)cc2nc3ccccc3cc12. The summed E-state index contributed by atoms with van der Waals surface area (Å²) < 4.78 is 36.5. The molecule has 0 spiro atoms. The minimum Gasteiger partial charge on any atom is -0.248 e. The Morgan fingerprint density at radius 1 is 1.05 bits per heavy atom. The number of aromatic nitrogens is 1. The highest BCUT2D eigenvalue weighted by Gasteiger charge is 2.17. The van der Waals surface area contributed by atoms with Crippen molar-refractivity contribution in [3.05, 3.63) is 48.3 Å². The first-order chi connectivity index (χ1) is 8.95. The van der Waals surface area contributed by atoms with E-state index in [1.54, 1.807) is 24.3 Å². The fourth-order valence-corrected chi connectivity index (χ4v) is 3.08. The molecule has 3 nitrogen and oxygen atoms in total. The highest BCUT2D eigenvalue weighted by molar-refractivity contribution is 8.14. The van der Waals surface area contributed by atoms with Crippen molar-refractivity contribution < 1.29 is 12.8 Å². The van der Waals surface area contributed by atoms with Crippen LogP contribution < -0.4 is 0 Å². The Bertz CT molecular complexity index is 909. The zero-order chi connectivity index (χ0) is 13.6. The predicted octanol–water partition coefficient (Wildman–Crippen LogP) is 3.45. The molecule has 0 fully saturated rings. The monoisotopic (exact) mass is 295 g/mol. The van der Waals surface area contributed by atoms with Gasteiger partial charge in [0.05, 0.1) is 15.9 Å². The number of hydrogen-bond acceptors (Lipinski definition) is 3. The van der Waals surface area contributed by atoms with E-state index in [-0.39, 0.29) is 10.4 Å². The average molecular weight is 296 g/mol. The van der Waals surface area contributed by atoms with E-state index in [0.29, 0.717) is 10.9 Å². The topological polar surface area (TPSA) is 47.0 Å². The Balaban J connectivity index is 2.54. The number of pyridine rings is 1. The van der Waals surface area contributed by atoms with E-state index in [9.17, 15) is 12.8 Å². The maximum absolute atomic E-state index is 13.5. The molecule has 0 aliphatic rings.